The van der Waals surface area contributed by atoms with Crippen LogP contribution >= 0.6 is 0 Å². The zero-order valence-electron chi connectivity index (χ0n) is 10.8. The summed E-state index contributed by atoms with van der Waals surface area (Å²) in [6, 6.07) is 18.2. The smallest absolute Gasteiger partial charge is 0.141 e. The molecule has 3 aromatic rings. The molecule has 19 heavy (non-hydrogen) atoms. The number of hydrogen-bond acceptors (Lipinski definition) is 2. The van der Waals surface area contributed by atoms with Crippen molar-refractivity contribution >= 4 is 11.0 Å². The second kappa shape index (κ2) is 5.24. The Morgan fingerprint density at radius 1 is 1.05 bits per heavy atom. The predicted octanol–water partition coefficient (Wildman–Crippen LogP) is 3.69. The van der Waals surface area contributed by atoms with Crippen LogP contribution in [0.5, 0.6) is 0 Å². The topological polar surface area (TPSA) is 37.9 Å². The van der Waals surface area contributed by atoms with Crippen LogP contribution in [0.15, 0.2) is 54.6 Å². The molecule has 1 aromatic heterocycles. The fraction of sp³-hybridized carbons (Fsp3) is 0.188. The molecular formula is C16H16N2O. The average molecular weight is 252 g/mol. The third-order valence-electron chi connectivity index (χ3n) is 3.09. The molecule has 0 radical (unpaired) electrons. The zero-order chi connectivity index (χ0) is 13.1. The summed E-state index contributed by atoms with van der Waals surface area (Å²) < 4.78 is 5.85. The molecule has 3 nitrogen and oxygen atoms in total. The average Bonchev–Trinajstić information content (AvgIpc) is 2.89. The van der Waals surface area contributed by atoms with E-state index in [1.54, 1.807) is 0 Å². The van der Waals surface area contributed by atoms with Crippen LogP contribution in [-0.4, -0.2) is 16.6 Å². The molecule has 2 aromatic carbocycles. The van der Waals surface area contributed by atoms with Gasteiger partial charge in [-0.25, -0.2) is 4.98 Å². The van der Waals surface area contributed by atoms with Crippen molar-refractivity contribution in [2.75, 3.05) is 6.61 Å². The third-order valence-corrected chi connectivity index (χ3v) is 3.09. The fourth-order valence-electron chi connectivity index (χ4n) is 2.22. The molecule has 1 unspecified atom stereocenters. The standard InChI is InChI=1S/C16H16N2O/c1-2-19-15(12-8-4-3-5-9-12)16-17-13-10-6-7-11-14(13)18-16/h3-11,15H,2H2,1H3,(H,17,18). The highest BCUT2D eigenvalue weighted by molar-refractivity contribution is 5.74. The van der Waals surface area contributed by atoms with Gasteiger partial charge in [-0.15, -0.1) is 0 Å². The number of hydrogen-bond donors (Lipinski definition) is 1. The first-order chi connectivity index (χ1) is 9.38. The lowest BCUT2D eigenvalue weighted by Gasteiger charge is -2.14. The first kappa shape index (κ1) is 11.9. The first-order valence-corrected chi connectivity index (χ1v) is 6.49. The first-order valence-electron chi connectivity index (χ1n) is 6.49. The Hall–Kier alpha value is -2.13. The van der Waals surface area contributed by atoms with Crippen molar-refractivity contribution < 1.29 is 4.74 Å². The summed E-state index contributed by atoms with van der Waals surface area (Å²) in [5.74, 6) is 0.856. The van der Waals surface area contributed by atoms with Gasteiger partial charge in [-0.1, -0.05) is 42.5 Å². The molecule has 3 heteroatoms. The summed E-state index contributed by atoms with van der Waals surface area (Å²) in [6.07, 6.45) is -0.140. The number of nitrogens with zero attached hydrogens (tertiary/aromatic N) is 1. The summed E-state index contributed by atoms with van der Waals surface area (Å²) in [6.45, 7) is 2.65. The maximum absolute atomic E-state index is 5.85. The van der Waals surface area contributed by atoms with Gasteiger partial charge in [-0.05, 0) is 24.6 Å². The summed E-state index contributed by atoms with van der Waals surface area (Å²) in [4.78, 5) is 7.97. The van der Waals surface area contributed by atoms with Crippen LogP contribution in [0, 0.1) is 0 Å². The lowest BCUT2D eigenvalue weighted by molar-refractivity contribution is 0.0860. The van der Waals surface area contributed by atoms with Gasteiger partial charge in [0.25, 0.3) is 0 Å². The second-order valence-electron chi connectivity index (χ2n) is 4.39. The van der Waals surface area contributed by atoms with Gasteiger partial charge in [-0.3, -0.25) is 0 Å². The molecule has 3 rings (SSSR count). The quantitative estimate of drug-likeness (QED) is 0.769. The lowest BCUT2D eigenvalue weighted by atomic mass is 10.1. The van der Waals surface area contributed by atoms with Crippen molar-refractivity contribution in [2.45, 2.75) is 13.0 Å². The highest BCUT2D eigenvalue weighted by Gasteiger charge is 2.17. The molecule has 0 aliphatic heterocycles. The number of benzene rings is 2. The van der Waals surface area contributed by atoms with Gasteiger partial charge < -0.3 is 9.72 Å². The maximum atomic E-state index is 5.85. The van der Waals surface area contributed by atoms with E-state index in [1.165, 1.54) is 0 Å². The molecule has 0 amide bonds. The molecule has 0 saturated carbocycles. The predicted molar refractivity (Wildman–Crippen MR) is 76.0 cm³/mol. The van der Waals surface area contributed by atoms with E-state index in [4.69, 9.17) is 4.74 Å². The van der Waals surface area contributed by atoms with E-state index in [9.17, 15) is 0 Å². The van der Waals surface area contributed by atoms with E-state index in [0.717, 1.165) is 22.4 Å². The number of aromatic nitrogens is 2. The van der Waals surface area contributed by atoms with Gasteiger partial charge in [0.1, 0.15) is 11.9 Å². The van der Waals surface area contributed by atoms with Gasteiger partial charge in [0.05, 0.1) is 11.0 Å². The SMILES string of the molecule is CCOC(c1ccccc1)c1nc2ccccc2[nH]1. The molecule has 0 spiro atoms. The number of aromatic amines is 1. The van der Waals surface area contributed by atoms with Gasteiger partial charge in [0.15, 0.2) is 0 Å². The van der Waals surface area contributed by atoms with Crippen LogP contribution in [0.3, 0.4) is 0 Å². The number of nitrogens with one attached hydrogen (secondary N) is 1. The minimum absolute atomic E-state index is 0.140. The van der Waals surface area contributed by atoms with Crippen LogP contribution in [0.25, 0.3) is 11.0 Å². The van der Waals surface area contributed by atoms with E-state index < -0.39 is 0 Å². The molecule has 0 saturated heterocycles. The van der Waals surface area contributed by atoms with Crippen LogP contribution in [-0.2, 0) is 4.74 Å². The highest BCUT2D eigenvalue weighted by Crippen LogP contribution is 2.25. The Kier molecular flexibility index (Phi) is 3.29. The number of ether oxygens (including phenoxy) is 1. The van der Waals surface area contributed by atoms with Crippen molar-refractivity contribution in [1.29, 1.82) is 0 Å². The summed E-state index contributed by atoms with van der Waals surface area (Å²) in [5, 5.41) is 0. The van der Waals surface area contributed by atoms with Crippen molar-refractivity contribution in [3.8, 4) is 0 Å². The van der Waals surface area contributed by atoms with Gasteiger partial charge in [0, 0.05) is 6.61 Å². The number of rotatable bonds is 4. The summed E-state index contributed by atoms with van der Waals surface area (Å²) in [5.41, 5.74) is 3.12. The second-order valence-corrected chi connectivity index (χ2v) is 4.39. The molecule has 0 fully saturated rings. The Labute approximate surface area is 112 Å². The largest absolute Gasteiger partial charge is 0.366 e. The summed E-state index contributed by atoms with van der Waals surface area (Å²) >= 11 is 0. The Balaban J connectivity index is 2.04. The normalized spacial score (nSPS) is 12.7. The minimum atomic E-state index is -0.140. The Morgan fingerprint density at radius 3 is 2.53 bits per heavy atom. The van der Waals surface area contributed by atoms with Gasteiger partial charge in [-0.2, -0.15) is 0 Å². The third kappa shape index (κ3) is 2.37. The van der Waals surface area contributed by atoms with Crippen LogP contribution < -0.4 is 0 Å². The number of imidazole rings is 1. The molecule has 96 valence electrons. The molecule has 1 heterocycles. The molecular weight excluding hydrogens is 236 g/mol. The zero-order valence-corrected chi connectivity index (χ0v) is 10.8. The molecule has 0 aliphatic carbocycles. The van der Waals surface area contributed by atoms with E-state index in [1.807, 2.05) is 49.4 Å². The van der Waals surface area contributed by atoms with Gasteiger partial charge >= 0.3 is 0 Å². The van der Waals surface area contributed by atoms with E-state index >= 15 is 0 Å². The van der Waals surface area contributed by atoms with Gasteiger partial charge in [0.2, 0.25) is 0 Å². The monoisotopic (exact) mass is 252 g/mol. The molecule has 1 N–H and O–H groups in total. The number of para-hydroxylation sites is 2. The van der Waals surface area contributed by atoms with Crippen molar-refractivity contribution in [2.24, 2.45) is 0 Å². The maximum Gasteiger partial charge on any atom is 0.141 e. The van der Waals surface area contributed by atoms with E-state index in [-0.39, 0.29) is 6.10 Å². The number of H-pyrrole nitrogens is 1. The highest BCUT2D eigenvalue weighted by atomic mass is 16.5. The van der Waals surface area contributed by atoms with E-state index in [2.05, 4.69) is 22.1 Å². The van der Waals surface area contributed by atoms with Crippen LogP contribution in [0.2, 0.25) is 0 Å². The van der Waals surface area contributed by atoms with Crippen molar-refractivity contribution in [1.82, 2.24) is 9.97 Å². The van der Waals surface area contributed by atoms with Crippen LogP contribution in [0.1, 0.15) is 24.4 Å². The molecule has 0 bridgehead atoms. The van der Waals surface area contributed by atoms with E-state index in [0.29, 0.717) is 6.61 Å². The Bertz CT molecular complexity index is 628. The fourth-order valence-corrected chi connectivity index (χ4v) is 2.22. The molecule has 0 aliphatic rings. The van der Waals surface area contributed by atoms with Crippen LogP contribution in [0.4, 0.5) is 0 Å². The Morgan fingerprint density at radius 2 is 1.79 bits per heavy atom. The molecule has 1 atom stereocenters. The minimum Gasteiger partial charge on any atom is -0.366 e. The number of fused-ring (bicyclic) bond motifs is 1. The van der Waals surface area contributed by atoms with Crippen molar-refractivity contribution in [3.05, 3.63) is 66.0 Å². The van der Waals surface area contributed by atoms with Crippen molar-refractivity contribution in [3.63, 3.8) is 0 Å². The summed E-state index contributed by atoms with van der Waals surface area (Å²) in [7, 11) is 0. The lowest BCUT2D eigenvalue weighted by Crippen LogP contribution is -2.07.